The number of nitrogens with one attached hydrogen (secondary N) is 1. The molecule has 0 spiro atoms. The van der Waals surface area contributed by atoms with Gasteiger partial charge in [-0.1, -0.05) is 12.1 Å². The minimum absolute atomic E-state index is 0.178. The molecule has 1 aromatic carbocycles. The molecule has 0 fully saturated rings. The maximum absolute atomic E-state index is 12.2. The van der Waals surface area contributed by atoms with Gasteiger partial charge in [-0.05, 0) is 38.7 Å². The zero-order chi connectivity index (χ0) is 17.5. The molecular weight excluding hydrogens is 314 g/mol. The second-order valence-electron chi connectivity index (χ2n) is 6.01. The van der Waals surface area contributed by atoms with Crippen LogP contribution in [0.25, 0.3) is 0 Å². The van der Waals surface area contributed by atoms with Crippen LogP contribution < -0.4 is 4.74 Å². The molecule has 5 nitrogen and oxygen atoms in total. The van der Waals surface area contributed by atoms with Gasteiger partial charge in [0.05, 0.1) is 12.0 Å². The largest absolute Gasteiger partial charge is 0.435 e. The number of likely N-dealkylation sites (N-methyl/N-ethyl adjacent to an activating group) is 1. The fourth-order valence-electron chi connectivity index (χ4n) is 2.35. The van der Waals surface area contributed by atoms with Crippen LogP contribution in [0.4, 0.5) is 8.78 Å². The minimum Gasteiger partial charge on any atom is -0.435 e. The lowest BCUT2D eigenvalue weighted by Crippen LogP contribution is -2.31. The normalized spacial score (nSPS) is 11.7. The fourth-order valence-corrected chi connectivity index (χ4v) is 2.35. The molecule has 0 aliphatic rings. The molecule has 0 saturated heterocycles. The van der Waals surface area contributed by atoms with E-state index in [0.717, 1.165) is 43.1 Å². The van der Waals surface area contributed by atoms with Crippen molar-refractivity contribution in [2.45, 2.75) is 26.6 Å². The Morgan fingerprint density at radius 2 is 1.83 bits per heavy atom. The van der Waals surface area contributed by atoms with Gasteiger partial charge >= 0.3 is 6.61 Å². The van der Waals surface area contributed by atoms with Crippen LogP contribution >= 0.6 is 0 Å². The molecule has 0 radical (unpaired) electrons. The van der Waals surface area contributed by atoms with Crippen LogP contribution in [-0.4, -0.2) is 53.6 Å². The molecule has 0 aliphatic heterocycles. The standard InChI is InChI=1S/C17H24F2N4O/c1-13-16(21-12-20-13)11-23(9-8-22(2)3)10-14-4-6-15(7-5-14)24-17(18)19/h4-7,12,17H,8-11H2,1-3H3,(H,20,21). The van der Waals surface area contributed by atoms with Crippen molar-refractivity contribution in [3.05, 3.63) is 47.5 Å². The Bertz CT molecular complexity index is 613. The zero-order valence-corrected chi connectivity index (χ0v) is 14.3. The number of H-pyrrole nitrogens is 1. The van der Waals surface area contributed by atoms with Crippen molar-refractivity contribution in [3.8, 4) is 5.75 Å². The second kappa shape index (κ2) is 8.75. The molecule has 0 bridgehead atoms. The van der Waals surface area contributed by atoms with E-state index >= 15 is 0 Å². The summed E-state index contributed by atoms with van der Waals surface area (Å²) in [5, 5.41) is 0. The van der Waals surface area contributed by atoms with Gasteiger partial charge in [0.2, 0.25) is 0 Å². The highest BCUT2D eigenvalue weighted by atomic mass is 19.3. The summed E-state index contributed by atoms with van der Waals surface area (Å²) in [5.41, 5.74) is 3.13. The topological polar surface area (TPSA) is 44.4 Å². The Morgan fingerprint density at radius 1 is 1.12 bits per heavy atom. The molecule has 132 valence electrons. The number of aromatic amines is 1. The van der Waals surface area contributed by atoms with Crippen molar-refractivity contribution >= 4 is 0 Å². The molecule has 0 aliphatic carbocycles. The van der Waals surface area contributed by atoms with Crippen molar-refractivity contribution in [2.75, 3.05) is 27.2 Å². The number of aromatic nitrogens is 2. The van der Waals surface area contributed by atoms with Crippen molar-refractivity contribution in [1.29, 1.82) is 0 Å². The predicted octanol–water partition coefficient (Wildman–Crippen LogP) is 2.88. The monoisotopic (exact) mass is 338 g/mol. The first-order chi connectivity index (χ1) is 11.4. The number of rotatable bonds is 9. The Morgan fingerprint density at radius 3 is 2.38 bits per heavy atom. The number of halogens is 2. The smallest absolute Gasteiger partial charge is 0.387 e. The van der Waals surface area contributed by atoms with Crippen LogP contribution in [0, 0.1) is 6.92 Å². The van der Waals surface area contributed by atoms with E-state index in [9.17, 15) is 8.78 Å². The zero-order valence-electron chi connectivity index (χ0n) is 14.3. The van der Waals surface area contributed by atoms with E-state index in [1.54, 1.807) is 18.5 Å². The van der Waals surface area contributed by atoms with E-state index in [1.807, 2.05) is 33.2 Å². The van der Waals surface area contributed by atoms with Gasteiger partial charge in [-0.25, -0.2) is 4.98 Å². The highest BCUT2D eigenvalue weighted by Gasteiger charge is 2.11. The molecular formula is C17H24F2N4O. The Balaban J connectivity index is 2.02. The van der Waals surface area contributed by atoms with Gasteiger partial charge in [-0.15, -0.1) is 0 Å². The van der Waals surface area contributed by atoms with Gasteiger partial charge in [0, 0.05) is 31.9 Å². The lowest BCUT2D eigenvalue weighted by atomic mass is 10.2. The van der Waals surface area contributed by atoms with Crippen LogP contribution in [0.15, 0.2) is 30.6 Å². The maximum Gasteiger partial charge on any atom is 0.387 e. The van der Waals surface area contributed by atoms with E-state index in [4.69, 9.17) is 0 Å². The first-order valence-electron chi connectivity index (χ1n) is 7.83. The lowest BCUT2D eigenvalue weighted by Gasteiger charge is -2.24. The third-order valence-electron chi connectivity index (χ3n) is 3.73. The summed E-state index contributed by atoms with van der Waals surface area (Å²) in [6, 6.07) is 6.78. The molecule has 7 heteroatoms. The van der Waals surface area contributed by atoms with Gasteiger partial charge < -0.3 is 14.6 Å². The summed E-state index contributed by atoms with van der Waals surface area (Å²) in [6.45, 7) is 2.47. The quantitative estimate of drug-likeness (QED) is 0.764. The first kappa shape index (κ1) is 18.4. The number of hydrogen-bond acceptors (Lipinski definition) is 4. The molecule has 24 heavy (non-hydrogen) atoms. The number of alkyl halides is 2. The first-order valence-corrected chi connectivity index (χ1v) is 7.83. The van der Waals surface area contributed by atoms with Crippen LogP contribution in [0.2, 0.25) is 0 Å². The summed E-state index contributed by atoms with van der Waals surface area (Å²) in [4.78, 5) is 11.9. The highest BCUT2D eigenvalue weighted by Crippen LogP contribution is 2.17. The van der Waals surface area contributed by atoms with E-state index in [1.165, 1.54) is 0 Å². The van der Waals surface area contributed by atoms with Gasteiger partial charge in [-0.2, -0.15) is 8.78 Å². The van der Waals surface area contributed by atoms with Crippen molar-refractivity contribution in [3.63, 3.8) is 0 Å². The van der Waals surface area contributed by atoms with Crippen LogP contribution in [-0.2, 0) is 13.1 Å². The SMILES string of the molecule is Cc1[nH]cnc1CN(CCN(C)C)Cc1ccc(OC(F)F)cc1. The summed E-state index contributed by atoms with van der Waals surface area (Å²) < 4.78 is 28.8. The summed E-state index contributed by atoms with van der Waals surface area (Å²) in [6.07, 6.45) is 1.70. The third kappa shape index (κ3) is 5.90. The van der Waals surface area contributed by atoms with Gasteiger partial charge in [0.1, 0.15) is 5.75 Å². The van der Waals surface area contributed by atoms with Crippen LogP contribution in [0.1, 0.15) is 17.0 Å². The molecule has 0 amide bonds. The van der Waals surface area contributed by atoms with Gasteiger partial charge in [-0.3, -0.25) is 4.90 Å². The van der Waals surface area contributed by atoms with E-state index in [0.29, 0.717) is 0 Å². The Kier molecular flexibility index (Phi) is 6.69. The fraction of sp³-hybridized carbons (Fsp3) is 0.471. The highest BCUT2D eigenvalue weighted by molar-refractivity contribution is 5.27. The van der Waals surface area contributed by atoms with Crippen molar-refractivity contribution in [2.24, 2.45) is 0 Å². The Hall–Kier alpha value is -1.99. The van der Waals surface area contributed by atoms with E-state index in [-0.39, 0.29) is 5.75 Å². The summed E-state index contributed by atoms with van der Waals surface area (Å²) in [7, 11) is 4.07. The number of imidazole rings is 1. The minimum atomic E-state index is -2.80. The predicted molar refractivity (Wildman–Crippen MR) is 89.1 cm³/mol. The van der Waals surface area contributed by atoms with Crippen LogP contribution in [0.3, 0.4) is 0 Å². The van der Waals surface area contributed by atoms with Crippen LogP contribution in [0.5, 0.6) is 5.75 Å². The Labute approximate surface area is 141 Å². The van der Waals surface area contributed by atoms with E-state index in [2.05, 4.69) is 24.5 Å². The van der Waals surface area contributed by atoms with Crippen molar-refractivity contribution in [1.82, 2.24) is 19.8 Å². The number of benzene rings is 1. The third-order valence-corrected chi connectivity index (χ3v) is 3.73. The average Bonchev–Trinajstić information content (AvgIpc) is 2.91. The molecule has 0 saturated carbocycles. The molecule has 1 N–H and O–H groups in total. The molecule has 2 rings (SSSR count). The van der Waals surface area contributed by atoms with Crippen molar-refractivity contribution < 1.29 is 13.5 Å². The average molecular weight is 338 g/mol. The number of aryl methyl sites for hydroxylation is 1. The number of ether oxygens (including phenoxy) is 1. The molecule has 0 atom stereocenters. The number of nitrogens with zero attached hydrogens (tertiary/aromatic N) is 3. The van der Waals surface area contributed by atoms with Gasteiger partial charge in [0.25, 0.3) is 0 Å². The molecule has 2 aromatic rings. The number of hydrogen-bond donors (Lipinski definition) is 1. The summed E-state index contributed by atoms with van der Waals surface area (Å²) in [5.74, 6) is 0.178. The second-order valence-corrected chi connectivity index (χ2v) is 6.01. The summed E-state index contributed by atoms with van der Waals surface area (Å²) >= 11 is 0. The van der Waals surface area contributed by atoms with Gasteiger partial charge in [0.15, 0.2) is 0 Å². The van der Waals surface area contributed by atoms with E-state index < -0.39 is 6.61 Å². The lowest BCUT2D eigenvalue weighted by molar-refractivity contribution is -0.0498. The molecule has 1 heterocycles. The maximum atomic E-state index is 12.2. The molecule has 1 aromatic heterocycles. The molecule has 0 unspecified atom stereocenters.